The van der Waals surface area contributed by atoms with Gasteiger partial charge in [0.15, 0.2) is 0 Å². The lowest BCUT2D eigenvalue weighted by molar-refractivity contribution is 0.601. The summed E-state index contributed by atoms with van der Waals surface area (Å²) in [6.07, 6.45) is 0. The van der Waals surface area contributed by atoms with Crippen molar-refractivity contribution < 1.29 is 8.42 Å². The zero-order chi connectivity index (χ0) is 14.9. The fourth-order valence-electron chi connectivity index (χ4n) is 1.51. The van der Waals surface area contributed by atoms with E-state index in [9.17, 15) is 8.42 Å². The molecule has 106 valence electrons. The Kier molecular flexibility index (Phi) is 4.49. The molecule has 0 aliphatic rings. The highest BCUT2D eigenvalue weighted by atomic mass is 79.9. The number of hydrogen-bond donors (Lipinski definition) is 2. The van der Waals surface area contributed by atoms with Gasteiger partial charge >= 0.3 is 0 Å². The molecule has 0 radical (unpaired) electrons. The van der Waals surface area contributed by atoms with Crippen LogP contribution in [0.2, 0.25) is 10.0 Å². The van der Waals surface area contributed by atoms with Crippen molar-refractivity contribution in [3.05, 3.63) is 50.9 Å². The number of anilines is 2. The van der Waals surface area contributed by atoms with Gasteiger partial charge in [-0.2, -0.15) is 0 Å². The summed E-state index contributed by atoms with van der Waals surface area (Å²) in [7, 11) is -3.83. The lowest BCUT2D eigenvalue weighted by atomic mass is 10.3. The van der Waals surface area contributed by atoms with Crippen molar-refractivity contribution in [3.8, 4) is 0 Å². The largest absolute Gasteiger partial charge is 0.399 e. The van der Waals surface area contributed by atoms with Crippen molar-refractivity contribution in [3.63, 3.8) is 0 Å². The Morgan fingerprint density at radius 2 is 1.80 bits per heavy atom. The fourth-order valence-corrected chi connectivity index (χ4v) is 3.78. The summed E-state index contributed by atoms with van der Waals surface area (Å²) in [5, 5.41) is 0.463. The summed E-state index contributed by atoms with van der Waals surface area (Å²) in [5.74, 6) is 0. The molecule has 0 aliphatic heterocycles. The molecule has 0 saturated heterocycles. The third-order valence-electron chi connectivity index (χ3n) is 2.42. The molecule has 3 N–H and O–H groups in total. The predicted molar refractivity (Wildman–Crippen MR) is 85.8 cm³/mol. The minimum absolute atomic E-state index is 0.0515. The molecule has 0 saturated carbocycles. The molecule has 0 aliphatic carbocycles. The Morgan fingerprint density at radius 3 is 2.45 bits per heavy atom. The molecular formula is C12H9BrCl2N2O2S. The fraction of sp³-hybridized carbons (Fsp3) is 0. The number of nitrogen functional groups attached to an aromatic ring is 1. The van der Waals surface area contributed by atoms with Crippen LogP contribution in [-0.2, 0) is 10.0 Å². The molecule has 20 heavy (non-hydrogen) atoms. The van der Waals surface area contributed by atoms with Crippen LogP contribution in [0.5, 0.6) is 0 Å². The lowest BCUT2D eigenvalue weighted by Gasteiger charge is -2.11. The molecule has 2 rings (SSSR count). The first-order valence-corrected chi connectivity index (χ1v) is 8.36. The van der Waals surface area contributed by atoms with Gasteiger partial charge in [-0.25, -0.2) is 8.42 Å². The van der Waals surface area contributed by atoms with Crippen molar-refractivity contribution in [2.75, 3.05) is 10.5 Å². The first kappa shape index (κ1) is 15.4. The Hall–Kier alpha value is -0.950. The van der Waals surface area contributed by atoms with Crippen LogP contribution in [0.1, 0.15) is 0 Å². The third-order valence-corrected chi connectivity index (χ3v) is 5.19. The second-order valence-corrected chi connectivity index (χ2v) is 7.27. The van der Waals surface area contributed by atoms with Crippen LogP contribution in [-0.4, -0.2) is 8.42 Å². The highest BCUT2D eigenvalue weighted by Crippen LogP contribution is 2.30. The van der Waals surface area contributed by atoms with E-state index in [1.165, 1.54) is 24.3 Å². The Balaban J connectivity index is 2.43. The van der Waals surface area contributed by atoms with Crippen molar-refractivity contribution in [2.45, 2.75) is 4.90 Å². The van der Waals surface area contributed by atoms with Crippen molar-refractivity contribution in [2.24, 2.45) is 0 Å². The lowest BCUT2D eigenvalue weighted by Crippen LogP contribution is -2.14. The number of benzene rings is 2. The number of nitrogens with two attached hydrogens (primary N) is 1. The number of hydrogen-bond acceptors (Lipinski definition) is 3. The van der Waals surface area contributed by atoms with Crippen LogP contribution in [0.3, 0.4) is 0 Å². The molecule has 0 fully saturated rings. The van der Waals surface area contributed by atoms with Gasteiger partial charge < -0.3 is 5.73 Å². The molecule has 8 heteroatoms. The predicted octanol–water partition coefficient (Wildman–Crippen LogP) is 4.14. The summed E-state index contributed by atoms with van der Waals surface area (Å²) in [6, 6.07) is 8.97. The standard InChI is InChI=1S/C12H9BrCl2N2O2S/c13-9-3-1-7(14)5-11(9)17-20(18,19)12-4-2-8(16)6-10(12)15/h1-6,17H,16H2. The van der Waals surface area contributed by atoms with E-state index in [0.29, 0.717) is 20.9 Å². The summed E-state index contributed by atoms with van der Waals surface area (Å²) in [5.41, 5.74) is 6.25. The van der Waals surface area contributed by atoms with Gasteiger partial charge in [0.2, 0.25) is 0 Å². The smallest absolute Gasteiger partial charge is 0.263 e. The van der Waals surface area contributed by atoms with Crippen LogP contribution in [0.15, 0.2) is 45.8 Å². The minimum atomic E-state index is -3.83. The molecule has 0 atom stereocenters. The monoisotopic (exact) mass is 394 g/mol. The Labute approximate surface area is 135 Å². The molecule has 0 bridgehead atoms. The number of rotatable bonds is 3. The quantitative estimate of drug-likeness (QED) is 0.767. The van der Waals surface area contributed by atoms with Gasteiger partial charge in [-0.3, -0.25) is 4.72 Å². The Bertz CT molecular complexity index is 766. The maximum atomic E-state index is 12.3. The molecule has 0 spiro atoms. The summed E-state index contributed by atoms with van der Waals surface area (Å²) in [4.78, 5) is -0.0553. The molecule has 4 nitrogen and oxygen atoms in total. The minimum Gasteiger partial charge on any atom is -0.399 e. The van der Waals surface area contributed by atoms with Gasteiger partial charge in [0, 0.05) is 15.2 Å². The van der Waals surface area contributed by atoms with Crippen LogP contribution in [0.4, 0.5) is 11.4 Å². The average Bonchev–Trinajstić information content (AvgIpc) is 2.33. The van der Waals surface area contributed by atoms with Gasteiger partial charge in [0.25, 0.3) is 10.0 Å². The van der Waals surface area contributed by atoms with E-state index >= 15 is 0 Å². The third kappa shape index (κ3) is 3.38. The normalized spacial score (nSPS) is 11.3. The molecule has 2 aromatic rings. The maximum absolute atomic E-state index is 12.3. The molecular weight excluding hydrogens is 387 g/mol. The van der Waals surface area contributed by atoms with Gasteiger partial charge in [0.05, 0.1) is 10.7 Å². The van der Waals surface area contributed by atoms with Crippen LogP contribution >= 0.6 is 39.1 Å². The number of nitrogens with one attached hydrogen (secondary N) is 1. The van der Waals surface area contributed by atoms with E-state index in [0.717, 1.165) is 0 Å². The van der Waals surface area contributed by atoms with Gasteiger partial charge in [-0.15, -0.1) is 0 Å². The average molecular weight is 396 g/mol. The SMILES string of the molecule is Nc1ccc(S(=O)(=O)Nc2cc(Cl)ccc2Br)c(Cl)c1. The van der Waals surface area contributed by atoms with Gasteiger partial charge in [-0.1, -0.05) is 23.2 Å². The number of sulfonamides is 1. The second kappa shape index (κ2) is 5.81. The van der Waals surface area contributed by atoms with Crippen molar-refractivity contribution in [1.29, 1.82) is 0 Å². The highest BCUT2D eigenvalue weighted by molar-refractivity contribution is 9.10. The van der Waals surface area contributed by atoms with E-state index in [4.69, 9.17) is 28.9 Å². The van der Waals surface area contributed by atoms with E-state index < -0.39 is 10.0 Å². The first-order valence-electron chi connectivity index (χ1n) is 5.32. The summed E-state index contributed by atoms with van der Waals surface area (Å²) < 4.78 is 27.6. The molecule has 0 amide bonds. The van der Waals surface area contributed by atoms with E-state index in [2.05, 4.69) is 20.7 Å². The Morgan fingerprint density at radius 1 is 1.10 bits per heavy atom. The summed E-state index contributed by atoms with van der Waals surface area (Å²) in [6.45, 7) is 0. The first-order chi connectivity index (χ1) is 9.29. The zero-order valence-electron chi connectivity index (χ0n) is 9.90. The number of halogens is 3. The van der Waals surface area contributed by atoms with Crippen molar-refractivity contribution in [1.82, 2.24) is 0 Å². The van der Waals surface area contributed by atoms with E-state index in [1.807, 2.05) is 0 Å². The van der Waals surface area contributed by atoms with E-state index in [1.54, 1.807) is 12.1 Å². The molecule has 0 unspecified atom stereocenters. The maximum Gasteiger partial charge on any atom is 0.263 e. The van der Waals surface area contributed by atoms with Gasteiger partial charge in [0.1, 0.15) is 4.90 Å². The highest BCUT2D eigenvalue weighted by Gasteiger charge is 2.19. The van der Waals surface area contributed by atoms with E-state index in [-0.39, 0.29) is 9.92 Å². The van der Waals surface area contributed by atoms with Crippen LogP contribution in [0, 0.1) is 0 Å². The zero-order valence-corrected chi connectivity index (χ0v) is 13.8. The molecule has 0 heterocycles. The van der Waals surface area contributed by atoms with Crippen LogP contribution in [0.25, 0.3) is 0 Å². The topological polar surface area (TPSA) is 72.2 Å². The molecule has 0 aromatic heterocycles. The van der Waals surface area contributed by atoms with Gasteiger partial charge in [-0.05, 0) is 52.3 Å². The second-order valence-electron chi connectivity index (χ2n) is 3.92. The molecule has 2 aromatic carbocycles. The van der Waals surface area contributed by atoms with Crippen molar-refractivity contribution >= 4 is 60.5 Å². The summed E-state index contributed by atoms with van der Waals surface area (Å²) >= 11 is 15.0. The van der Waals surface area contributed by atoms with Crippen LogP contribution < -0.4 is 10.5 Å².